The highest BCUT2D eigenvalue weighted by atomic mass is 16.5. The molecule has 0 atom stereocenters. The molecular weight excluding hydrogens is 246 g/mol. The maximum atomic E-state index is 11.8. The Morgan fingerprint density at radius 1 is 1.53 bits per heavy atom. The summed E-state index contributed by atoms with van der Waals surface area (Å²) in [6, 6.07) is 1.51. The molecule has 2 rings (SSSR count). The molecule has 0 saturated carbocycles. The Labute approximate surface area is 112 Å². The summed E-state index contributed by atoms with van der Waals surface area (Å²) < 4.78 is 11.3. The zero-order chi connectivity index (χ0) is 13.7. The van der Waals surface area contributed by atoms with E-state index in [0.717, 1.165) is 5.69 Å². The number of rotatable bonds is 5. The van der Waals surface area contributed by atoms with E-state index in [4.69, 9.17) is 9.47 Å². The number of ether oxygens (including phenoxy) is 2. The number of aromatic nitrogens is 2. The third-order valence-corrected chi connectivity index (χ3v) is 3.31. The van der Waals surface area contributed by atoms with Crippen LogP contribution in [0.3, 0.4) is 0 Å². The molecule has 2 heterocycles. The molecule has 1 fully saturated rings. The summed E-state index contributed by atoms with van der Waals surface area (Å²) in [4.78, 5) is 19.1. The molecule has 6 nitrogen and oxygen atoms in total. The van der Waals surface area contributed by atoms with Gasteiger partial charge in [0.1, 0.15) is 11.4 Å². The number of H-pyrrole nitrogens is 1. The van der Waals surface area contributed by atoms with Gasteiger partial charge in [-0.25, -0.2) is 4.98 Å². The van der Waals surface area contributed by atoms with Crippen LogP contribution in [0.2, 0.25) is 0 Å². The van der Waals surface area contributed by atoms with E-state index in [1.54, 1.807) is 0 Å². The van der Waals surface area contributed by atoms with Gasteiger partial charge >= 0.3 is 0 Å². The van der Waals surface area contributed by atoms with E-state index in [9.17, 15) is 4.79 Å². The molecular formula is C13H21N3O3. The van der Waals surface area contributed by atoms with E-state index in [-0.39, 0.29) is 5.56 Å². The van der Waals surface area contributed by atoms with E-state index < -0.39 is 5.60 Å². The van der Waals surface area contributed by atoms with Crippen molar-refractivity contribution in [2.24, 2.45) is 0 Å². The maximum absolute atomic E-state index is 11.8. The molecule has 1 aliphatic heterocycles. The van der Waals surface area contributed by atoms with Crippen LogP contribution in [0, 0.1) is 0 Å². The number of nitrogens with one attached hydrogen (secondary N) is 2. The topological polar surface area (TPSA) is 76.2 Å². The lowest BCUT2D eigenvalue weighted by Crippen LogP contribution is -2.40. The second kappa shape index (κ2) is 6.27. The minimum atomic E-state index is -0.518. The molecule has 1 saturated heterocycles. The van der Waals surface area contributed by atoms with Crippen LogP contribution in [0.5, 0.6) is 0 Å². The number of hydrogen-bond donors (Lipinski definition) is 2. The van der Waals surface area contributed by atoms with Crippen molar-refractivity contribution in [3.05, 3.63) is 27.9 Å². The fourth-order valence-electron chi connectivity index (χ4n) is 2.42. The Hall–Kier alpha value is -1.24. The molecule has 0 aliphatic carbocycles. The third-order valence-electron chi connectivity index (χ3n) is 3.31. The molecule has 0 radical (unpaired) electrons. The molecule has 106 valence electrons. The normalized spacial score (nSPS) is 18.4. The van der Waals surface area contributed by atoms with Crippen LogP contribution in [0.1, 0.15) is 31.3 Å². The minimum absolute atomic E-state index is 0.138. The van der Waals surface area contributed by atoms with Crippen LogP contribution in [0.4, 0.5) is 0 Å². The minimum Gasteiger partial charge on any atom is -0.381 e. The number of nitrogens with zero attached hydrogens (tertiary/aromatic N) is 1. The Morgan fingerprint density at radius 3 is 2.89 bits per heavy atom. The van der Waals surface area contributed by atoms with Crippen LogP contribution >= 0.6 is 0 Å². The summed E-state index contributed by atoms with van der Waals surface area (Å²) in [5.74, 6) is 0.621. The Bertz CT molecular complexity index is 461. The molecule has 0 spiro atoms. The molecule has 2 N–H and O–H groups in total. The smallest absolute Gasteiger partial charge is 0.251 e. The van der Waals surface area contributed by atoms with Crippen molar-refractivity contribution in [1.82, 2.24) is 15.3 Å². The summed E-state index contributed by atoms with van der Waals surface area (Å²) in [5.41, 5.74) is 0.0725. The highest BCUT2D eigenvalue weighted by Gasteiger charge is 2.37. The summed E-state index contributed by atoms with van der Waals surface area (Å²) in [5, 5.41) is 3.01. The van der Waals surface area contributed by atoms with E-state index in [2.05, 4.69) is 15.3 Å². The summed E-state index contributed by atoms with van der Waals surface area (Å²) in [7, 11) is 1.83. The highest BCUT2D eigenvalue weighted by Crippen LogP contribution is 2.33. The van der Waals surface area contributed by atoms with Gasteiger partial charge in [-0.2, -0.15) is 0 Å². The lowest BCUT2D eigenvalue weighted by Gasteiger charge is -2.35. The first-order valence-corrected chi connectivity index (χ1v) is 6.67. The standard InChI is InChI=1S/C13H21N3O3/c1-3-19-13(4-6-18-7-5-13)12-15-10(9-14-2)8-11(17)16-12/h8,14H,3-7,9H2,1-2H3,(H,15,16,17). The first-order valence-electron chi connectivity index (χ1n) is 6.67. The fraction of sp³-hybridized carbons (Fsp3) is 0.692. The fourth-order valence-corrected chi connectivity index (χ4v) is 2.42. The monoisotopic (exact) mass is 267 g/mol. The van der Waals surface area contributed by atoms with Gasteiger partial charge in [0.2, 0.25) is 0 Å². The van der Waals surface area contributed by atoms with Crippen molar-refractivity contribution in [3.8, 4) is 0 Å². The molecule has 0 amide bonds. The molecule has 0 aromatic carbocycles. The number of aromatic amines is 1. The van der Waals surface area contributed by atoms with Crippen LogP contribution in [-0.4, -0.2) is 36.8 Å². The van der Waals surface area contributed by atoms with Crippen molar-refractivity contribution < 1.29 is 9.47 Å². The molecule has 19 heavy (non-hydrogen) atoms. The predicted molar refractivity (Wildman–Crippen MR) is 71.0 cm³/mol. The van der Waals surface area contributed by atoms with Gasteiger partial charge < -0.3 is 19.8 Å². The SMILES string of the molecule is CCOC1(c2nc(CNC)cc(=O)[nH]2)CCOCC1. The average Bonchev–Trinajstić information content (AvgIpc) is 2.40. The third kappa shape index (κ3) is 3.20. The van der Waals surface area contributed by atoms with Crippen LogP contribution in [0.25, 0.3) is 0 Å². The van der Waals surface area contributed by atoms with E-state index >= 15 is 0 Å². The van der Waals surface area contributed by atoms with Gasteiger partial charge in [-0.05, 0) is 14.0 Å². The van der Waals surface area contributed by atoms with E-state index in [0.29, 0.717) is 45.0 Å². The largest absolute Gasteiger partial charge is 0.381 e. The molecule has 0 unspecified atom stereocenters. The van der Waals surface area contributed by atoms with Gasteiger partial charge in [-0.15, -0.1) is 0 Å². The summed E-state index contributed by atoms with van der Waals surface area (Å²) in [6.07, 6.45) is 1.43. The number of hydrogen-bond acceptors (Lipinski definition) is 5. The zero-order valence-corrected chi connectivity index (χ0v) is 11.5. The van der Waals surface area contributed by atoms with Crippen molar-refractivity contribution in [1.29, 1.82) is 0 Å². The lowest BCUT2D eigenvalue weighted by molar-refractivity contribution is -0.118. The Balaban J connectivity index is 2.37. The molecule has 6 heteroatoms. The van der Waals surface area contributed by atoms with Crippen molar-refractivity contribution in [2.75, 3.05) is 26.9 Å². The summed E-state index contributed by atoms with van der Waals surface area (Å²) >= 11 is 0. The zero-order valence-electron chi connectivity index (χ0n) is 11.5. The Kier molecular flexibility index (Phi) is 4.68. The van der Waals surface area contributed by atoms with Gasteiger partial charge in [-0.1, -0.05) is 0 Å². The van der Waals surface area contributed by atoms with Gasteiger partial charge in [0.15, 0.2) is 0 Å². The molecule has 0 bridgehead atoms. The van der Waals surface area contributed by atoms with Crippen molar-refractivity contribution in [2.45, 2.75) is 31.9 Å². The second-order valence-corrected chi connectivity index (χ2v) is 4.66. The second-order valence-electron chi connectivity index (χ2n) is 4.66. The molecule has 1 aromatic heterocycles. The lowest BCUT2D eigenvalue weighted by atomic mass is 9.92. The quantitative estimate of drug-likeness (QED) is 0.814. The van der Waals surface area contributed by atoms with Gasteiger partial charge in [-0.3, -0.25) is 4.79 Å². The van der Waals surface area contributed by atoms with Crippen molar-refractivity contribution >= 4 is 0 Å². The first-order chi connectivity index (χ1) is 9.20. The van der Waals surface area contributed by atoms with Crippen molar-refractivity contribution in [3.63, 3.8) is 0 Å². The van der Waals surface area contributed by atoms with Gasteiger partial charge in [0.05, 0.1) is 5.69 Å². The van der Waals surface area contributed by atoms with Gasteiger partial charge in [0.25, 0.3) is 5.56 Å². The first kappa shape index (κ1) is 14.2. The molecule has 1 aliphatic rings. The van der Waals surface area contributed by atoms with E-state index in [1.807, 2.05) is 14.0 Å². The maximum Gasteiger partial charge on any atom is 0.251 e. The van der Waals surface area contributed by atoms with E-state index in [1.165, 1.54) is 6.07 Å². The van der Waals surface area contributed by atoms with Crippen LogP contribution in [-0.2, 0) is 21.6 Å². The van der Waals surface area contributed by atoms with Crippen LogP contribution < -0.4 is 10.9 Å². The summed E-state index contributed by atoms with van der Waals surface area (Å²) in [6.45, 7) is 4.35. The predicted octanol–water partition coefficient (Wildman–Crippen LogP) is 0.531. The Morgan fingerprint density at radius 2 is 2.26 bits per heavy atom. The molecule has 1 aromatic rings. The van der Waals surface area contributed by atoms with Gasteiger partial charge in [0, 0.05) is 45.3 Å². The van der Waals surface area contributed by atoms with Crippen LogP contribution in [0.15, 0.2) is 10.9 Å². The highest BCUT2D eigenvalue weighted by molar-refractivity contribution is 5.10. The average molecular weight is 267 g/mol.